The Morgan fingerprint density at radius 2 is 1.77 bits per heavy atom. The normalized spacial score (nSPS) is 43.4. The number of rotatable bonds is 6. The van der Waals surface area contributed by atoms with Gasteiger partial charge in [0.1, 0.15) is 0 Å². The van der Waals surface area contributed by atoms with Crippen molar-refractivity contribution in [2.24, 2.45) is 46.3 Å². The van der Waals surface area contributed by atoms with Crippen LogP contribution in [0, 0.1) is 46.3 Å². The molecule has 0 aromatic heterocycles. The number of hydrogen-bond acceptors (Lipinski definition) is 0. The van der Waals surface area contributed by atoms with Gasteiger partial charge in [0.15, 0.2) is 0 Å². The molecule has 8 atom stereocenters. The third kappa shape index (κ3) is 4.45. The molecule has 0 bridgehead atoms. The first-order valence-electron chi connectivity index (χ1n) is 14.1. The smallest absolute Gasteiger partial charge is 0.00851 e. The summed E-state index contributed by atoms with van der Waals surface area (Å²) in [4.78, 5) is 0. The third-order valence-corrected chi connectivity index (χ3v) is 10.7. The monoisotopic (exact) mass is 414 g/mol. The van der Waals surface area contributed by atoms with Crippen LogP contribution in [0.5, 0.6) is 0 Å². The highest BCUT2D eigenvalue weighted by molar-refractivity contribution is 5.24. The van der Waals surface area contributed by atoms with E-state index in [2.05, 4.69) is 40.7 Å². The van der Waals surface area contributed by atoms with Crippen molar-refractivity contribution in [3.05, 3.63) is 11.6 Å². The van der Waals surface area contributed by atoms with E-state index in [1.54, 1.807) is 6.42 Å². The second-order valence-corrected chi connectivity index (χ2v) is 12.2. The van der Waals surface area contributed by atoms with E-state index < -0.39 is 0 Å². The van der Waals surface area contributed by atoms with Crippen molar-refractivity contribution in [1.29, 1.82) is 0 Å². The van der Waals surface area contributed by atoms with Crippen molar-refractivity contribution in [3.8, 4) is 0 Å². The fraction of sp³-hybridized carbons (Fsp3) is 0.933. The van der Waals surface area contributed by atoms with Crippen LogP contribution in [0.25, 0.3) is 0 Å². The molecule has 0 saturated heterocycles. The molecule has 0 N–H and O–H groups in total. The molecular formula is C30H54. The summed E-state index contributed by atoms with van der Waals surface area (Å²) in [5.41, 5.74) is 3.10. The summed E-state index contributed by atoms with van der Waals surface area (Å²) in [6.45, 7) is 16.7. The van der Waals surface area contributed by atoms with Crippen LogP contribution in [0.3, 0.4) is 0 Å². The van der Waals surface area contributed by atoms with E-state index in [-0.39, 0.29) is 0 Å². The average molecular weight is 415 g/mol. The van der Waals surface area contributed by atoms with E-state index in [0.29, 0.717) is 10.8 Å². The Morgan fingerprint density at radius 3 is 2.50 bits per heavy atom. The molecular weight excluding hydrogens is 360 g/mol. The summed E-state index contributed by atoms with van der Waals surface area (Å²) in [5, 5.41) is 0. The zero-order valence-corrected chi connectivity index (χ0v) is 21.7. The lowest BCUT2D eigenvalue weighted by Gasteiger charge is -2.58. The van der Waals surface area contributed by atoms with Gasteiger partial charge in [0.25, 0.3) is 0 Å². The second-order valence-electron chi connectivity index (χ2n) is 12.2. The van der Waals surface area contributed by atoms with Gasteiger partial charge in [-0.15, -0.1) is 0 Å². The largest absolute Gasteiger partial charge is 0.0845 e. The van der Waals surface area contributed by atoms with Crippen molar-refractivity contribution < 1.29 is 0 Å². The molecule has 4 aliphatic rings. The van der Waals surface area contributed by atoms with Crippen molar-refractivity contribution in [2.75, 3.05) is 0 Å². The molecule has 4 rings (SSSR count). The summed E-state index contributed by atoms with van der Waals surface area (Å²) in [6.07, 6.45) is 22.0. The highest BCUT2D eigenvalue weighted by atomic mass is 14.6. The van der Waals surface area contributed by atoms with E-state index in [9.17, 15) is 0 Å². The minimum absolute atomic E-state index is 0.561. The molecule has 0 heterocycles. The minimum Gasteiger partial charge on any atom is -0.0845 e. The molecule has 0 aromatic rings. The van der Waals surface area contributed by atoms with E-state index in [4.69, 9.17) is 0 Å². The summed E-state index contributed by atoms with van der Waals surface area (Å²) in [7, 11) is 0. The molecule has 0 aliphatic heterocycles. The summed E-state index contributed by atoms with van der Waals surface area (Å²) >= 11 is 0. The Morgan fingerprint density at radius 1 is 1.00 bits per heavy atom. The van der Waals surface area contributed by atoms with Crippen molar-refractivity contribution in [2.45, 2.75) is 132 Å². The zero-order chi connectivity index (χ0) is 21.9. The lowest BCUT2D eigenvalue weighted by atomic mass is 9.47. The van der Waals surface area contributed by atoms with E-state index in [1.807, 2.05) is 19.4 Å². The Bertz CT molecular complexity index is 573. The molecule has 0 aromatic carbocycles. The van der Waals surface area contributed by atoms with Gasteiger partial charge in [0.2, 0.25) is 0 Å². The van der Waals surface area contributed by atoms with E-state index in [1.165, 1.54) is 77.0 Å². The fourth-order valence-electron chi connectivity index (χ4n) is 8.51. The average Bonchev–Trinajstić information content (AvgIpc) is 3.09. The van der Waals surface area contributed by atoms with Crippen LogP contribution in [0.15, 0.2) is 11.6 Å². The Hall–Kier alpha value is -0.260. The molecule has 30 heavy (non-hydrogen) atoms. The van der Waals surface area contributed by atoms with Crippen LogP contribution >= 0.6 is 0 Å². The van der Waals surface area contributed by atoms with Gasteiger partial charge in [-0.2, -0.15) is 0 Å². The third-order valence-electron chi connectivity index (χ3n) is 10.7. The zero-order valence-electron chi connectivity index (χ0n) is 21.7. The SMILES string of the molecule is CC.CCC(C)CCCCC1CCC2C3CC=C4CC(C)CCC4(C)C3CCC12C. The summed E-state index contributed by atoms with van der Waals surface area (Å²) in [6, 6.07) is 0. The van der Waals surface area contributed by atoms with Gasteiger partial charge in [-0.1, -0.05) is 85.8 Å². The highest BCUT2D eigenvalue weighted by Crippen LogP contribution is 2.67. The van der Waals surface area contributed by atoms with Crippen LogP contribution in [0.2, 0.25) is 0 Å². The topological polar surface area (TPSA) is 0 Å². The molecule has 4 aliphatic carbocycles. The van der Waals surface area contributed by atoms with Crippen molar-refractivity contribution >= 4 is 0 Å². The number of allylic oxidation sites excluding steroid dienone is 2. The van der Waals surface area contributed by atoms with Crippen molar-refractivity contribution in [1.82, 2.24) is 0 Å². The molecule has 8 unspecified atom stereocenters. The molecule has 0 heteroatoms. The maximum Gasteiger partial charge on any atom is -0.00851 e. The van der Waals surface area contributed by atoms with Gasteiger partial charge < -0.3 is 0 Å². The number of unbranched alkanes of at least 4 members (excludes halogenated alkanes) is 1. The van der Waals surface area contributed by atoms with E-state index in [0.717, 1.165) is 35.5 Å². The van der Waals surface area contributed by atoms with Gasteiger partial charge in [-0.25, -0.2) is 0 Å². The molecule has 0 nitrogen and oxygen atoms in total. The fourth-order valence-corrected chi connectivity index (χ4v) is 8.51. The maximum atomic E-state index is 2.75. The van der Waals surface area contributed by atoms with Gasteiger partial charge >= 0.3 is 0 Å². The highest BCUT2D eigenvalue weighted by Gasteiger charge is 2.58. The summed E-state index contributed by atoms with van der Waals surface area (Å²) < 4.78 is 0. The van der Waals surface area contributed by atoms with E-state index >= 15 is 0 Å². The van der Waals surface area contributed by atoms with Gasteiger partial charge in [0.05, 0.1) is 0 Å². The first-order chi connectivity index (χ1) is 14.4. The first-order valence-corrected chi connectivity index (χ1v) is 14.1. The van der Waals surface area contributed by atoms with Crippen LogP contribution in [-0.4, -0.2) is 0 Å². The molecule has 3 saturated carbocycles. The summed E-state index contributed by atoms with van der Waals surface area (Å²) in [5.74, 6) is 5.92. The van der Waals surface area contributed by atoms with Gasteiger partial charge in [0, 0.05) is 0 Å². The van der Waals surface area contributed by atoms with Gasteiger partial charge in [-0.05, 0) is 104 Å². The van der Waals surface area contributed by atoms with Crippen LogP contribution in [0.4, 0.5) is 0 Å². The molecule has 174 valence electrons. The second kappa shape index (κ2) is 10.1. The maximum absolute atomic E-state index is 2.75. The Kier molecular flexibility index (Phi) is 8.23. The number of fused-ring (bicyclic) bond motifs is 5. The Balaban J connectivity index is 0.00000124. The predicted molar refractivity (Wildman–Crippen MR) is 134 cm³/mol. The number of hydrogen-bond donors (Lipinski definition) is 0. The molecule has 3 fully saturated rings. The molecule has 0 radical (unpaired) electrons. The predicted octanol–water partition coefficient (Wildman–Crippen LogP) is 9.83. The molecule has 0 spiro atoms. The lowest BCUT2D eigenvalue weighted by Crippen LogP contribution is -2.49. The van der Waals surface area contributed by atoms with Crippen LogP contribution in [0.1, 0.15) is 132 Å². The standard InChI is InChI=1S/C28H48.C2H6/c1-6-20(2)9-7-8-10-22-12-14-25-24-13-11-23-19-21(3)15-17-28(23,5)26(24)16-18-27(22,25)4;1-2/h11,20-22,24-26H,6-10,12-19H2,1-5H3;1-2H3. The molecule has 0 amide bonds. The van der Waals surface area contributed by atoms with Crippen LogP contribution in [-0.2, 0) is 0 Å². The quantitative estimate of drug-likeness (QED) is 0.299. The minimum atomic E-state index is 0.561. The first kappa shape index (κ1) is 24.4. The Labute approximate surface area is 190 Å². The lowest BCUT2D eigenvalue weighted by molar-refractivity contribution is -0.0450. The van der Waals surface area contributed by atoms with Crippen LogP contribution < -0.4 is 0 Å². The van der Waals surface area contributed by atoms with Gasteiger partial charge in [-0.3, -0.25) is 0 Å². The van der Waals surface area contributed by atoms with Crippen molar-refractivity contribution in [3.63, 3.8) is 0 Å².